The highest BCUT2D eigenvalue weighted by Gasteiger charge is 2.19. The SMILES string of the molecule is COc1cccc(Nc2nc3ccccc3nc2NC(=O)C(=C=O)c2cccc(NC(=O)CN(C)C)c2)c1. The van der Waals surface area contributed by atoms with Crippen molar-refractivity contribution in [1.82, 2.24) is 14.9 Å². The highest BCUT2D eigenvalue weighted by atomic mass is 16.5. The molecule has 10 nitrogen and oxygen atoms in total. The molecule has 3 aromatic carbocycles. The molecule has 0 radical (unpaired) electrons. The monoisotopic (exact) mass is 510 g/mol. The lowest BCUT2D eigenvalue weighted by atomic mass is 10.1. The van der Waals surface area contributed by atoms with E-state index in [2.05, 4.69) is 25.9 Å². The first-order valence-electron chi connectivity index (χ1n) is 11.7. The number of hydrogen-bond acceptors (Lipinski definition) is 8. The number of likely N-dealkylation sites (N-methyl/N-ethyl adjacent to an activating group) is 1. The number of para-hydroxylation sites is 2. The molecule has 1 aromatic heterocycles. The average Bonchev–Trinajstić information content (AvgIpc) is 2.89. The van der Waals surface area contributed by atoms with Gasteiger partial charge in [-0.1, -0.05) is 30.3 Å². The van der Waals surface area contributed by atoms with Gasteiger partial charge in [-0.05, 0) is 50.5 Å². The van der Waals surface area contributed by atoms with Crippen LogP contribution in [0.4, 0.5) is 23.0 Å². The Bertz CT molecular complexity index is 1550. The Balaban J connectivity index is 1.63. The van der Waals surface area contributed by atoms with Crippen LogP contribution in [0.1, 0.15) is 5.56 Å². The number of anilines is 4. The summed E-state index contributed by atoms with van der Waals surface area (Å²) >= 11 is 0. The van der Waals surface area contributed by atoms with E-state index in [4.69, 9.17) is 4.74 Å². The Kier molecular flexibility index (Phi) is 8.07. The Morgan fingerprint density at radius 3 is 2.24 bits per heavy atom. The zero-order valence-corrected chi connectivity index (χ0v) is 21.1. The van der Waals surface area contributed by atoms with Crippen LogP contribution in [-0.2, 0) is 14.4 Å². The van der Waals surface area contributed by atoms with Gasteiger partial charge in [-0.3, -0.25) is 9.59 Å². The Hall–Kier alpha value is -5.05. The van der Waals surface area contributed by atoms with Gasteiger partial charge >= 0.3 is 0 Å². The van der Waals surface area contributed by atoms with Crippen molar-refractivity contribution in [2.45, 2.75) is 0 Å². The second-order valence-electron chi connectivity index (χ2n) is 8.56. The van der Waals surface area contributed by atoms with Crippen molar-refractivity contribution >= 4 is 57.4 Å². The molecule has 10 heteroatoms. The van der Waals surface area contributed by atoms with Gasteiger partial charge in [0.15, 0.2) is 11.6 Å². The molecule has 4 rings (SSSR count). The molecule has 0 saturated heterocycles. The second kappa shape index (κ2) is 11.8. The number of carbonyl (C=O) groups excluding carboxylic acids is 3. The molecule has 0 bridgehead atoms. The van der Waals surface area contributed by atoms with E-state index >= 15 is 0 Å². The summed E-state index contributed by atoms with van der Waals surface area (Å²) < 4.78 is 5.28. The molecule has 3 N–H and O–H groups in total. The number of aromatic nitrogens is 2. The molecule has 1 heterocycles. The van der Waals surface area contributed by atoms with E-state index in [1.807, 2.05) is 24.3 Å². The van der Waals surface area contributed by atoms with E-state index in [0.29, 0.717) is 28.2 Å². The van der Waals surface area contributed by atoms with Crippen LogP contribution in [0.5, 0.6) is 5.75 Å². The van der Waals surface area contributed by atoms with Crippen LogP contribution in [0.3, 0.4) is 0 Å². The van der Waals surface area contributed by atoms with Gasteiger partial charge in [0, 0.05) is 23.0 Å². The van der Waals surface area contributed by atoms with E-state index < -0.39 is 5.91 Å². The van der Waals surface area contributed by atoms with Crippen LogP contribution in [0.15, 0.2) is 72.8 Å². The number of nitrogens with one attached hydrogen (secondary N) is 3. The van der Waals surface area contributed by atoms with Crippen molar-refractivity contribution in [2.75, 3.05) is 43.7 Å². The predicted octanol–water partition coefficient (Wildman–Crippen LogP) is 3.74. The molecule has 0 saturated carbocycles. The fraction of sp³-hybridized carbons (Fsp3) is 0.143. The number of hydrogen-bond donors (Lipinski definition) is 3. The molecule has 0 spiro atoms. The number of ether oxygens (including phenoxy) is 1. The van der Waals surface area contributed by atoms with Gasteiger partial charge in [-0.25, -0.2) is 14.8 Å². The van der Waals surface area contributed by atoms with Crippen molar-refractivity contribution in [2.24, 2.45) is 0 Å². The molecule has 4 aromatic rings. The number of rotatable bonds is 9. The van der Waals surface area contributed by atoms with Crippen LogP contribution in [0, 0.1) is 0 Å². The third-order valence-electron chi connectivity index (χ3n) is 5.36. The van der Waals surface area contributed by atoms with Crippen molar-refractivity contribution < 1.29 is 19.1 Å². The summed E-state index contributed by atoms with van der Waals surface area (Å²) in [6.07, 6.45) is 0. The number of amides is 2. The zero-order valence-electron chi connectivity index (χ0n) is 21.1. The number of carbonyl (C=O) groups is 2. The first-order chi connectivity index (χ1) is 18.4. The Morgan fingerprint density at radius 1 is 0.868 bits per heavy atom. The average molecular weight is 511 g/mol. The van der Waals surface area contributed by atoms with Gasteiger partial charge < -0.3 is 25.6 Å². The molecular formula is C28H26N6O4. The van der Waals surface area contributed by atoms with Crippen molar-refractivity contribution in [3.05, 3.63) is 78.4 Å². The lowest BCUT2D eigenvalue weighted by molar-refractivity contribution is -0.116. The zero-order chi connectivity index (χ0) is 27.1. The number of benzene rings is 3. The molecule has 0 atom stereocenters. The maximum atomic E-state index is 13.2. The fourth-order valence-electron chi connectivity index (χ4n) is 3.66. The summed E-state index contributed by atoms with van der Waals surface area (Å²) in [5.74, 6) is 1.81. The third-order valence-corrected chi connectivity index (χ3v) is 5.36. The van der Waals surface area contributed by atoms with Crippen LogP contribution in [-0.4, -0.2) is 60.4 Å². The van der Waals surface area contributed by atoms with Crippen LogP contribution < -0.4 is 20.7 Å². The predicted molar refractivity (Wildman–Crippen MR) is 147 cm³/mol. The topological polar surface area (TPSA) is 126 Å². The minimum atomic E-state index is -0.727. The summed E-state index contributed by atoms with van der Waals surface area (Å²) in [6.45, 7) is 0.185. The largest absolute Gasteiger partial charge is 0.497 e. The smallest absolute Gasteiger partial charge is 0.268 e. The maximum Gasteiger partial charge on any atom is 0.268 e. The first kappa shape index (κ1) is 26.0. The maximum absolute atomic E-state index is 13.2. The first-order valence-corrected chi connectivity index (χ1v) is 11.7. The highest BCUT2D eigenvalue weighted by molar-refractivity contribution is 6.32. The molecule has 0 fully saturated rings. The molecule has 0 aliphatic carbocycles. The van der Waals surface area contributed by atoms with Gasteiger partial charge in [-0.15, -0.1) is 0 Å². The summed E-state index contributed by atoms with van der Waals surface area (Å²) in [4.78, 5) is 48.2. The van der Waals surface area contributed by atoms with E-state index in [1.54, 1.807) is 74.5 Å². The quantitative estimate of drug-likeness (QED) is 0.230. The highest BCUT2D eigenvalue weighted by Crippen LogP contribution is 2.28. The Labute approximate surface area is 219 Å². The molecule has 0 aliphatic heterocycles. The van der Waals surface area contributed by atoms with Gasteiger partial charge in [0.2, 0.25) is 5.91 Å². The molecule has 192 valence electrons. The fourth-order valence-corrected chi connectivity index (χ4v) is 3.66. The van der Waals surface area contributed by atoms with Crippen LogP contribution >= 0.6 is 0 Å². The lowest BCUT2D eigenvalue weighted by Gasteiger charge is -2.14. The minimum absolute atomic E-state index is 0.125. The number of fused-ring (bicyclic) bond motifs is 1. The summed E-state index contributed by atoms with van der Waals surface area (Å²) in [5.41, 5.74) is 2.31. The molecular weight excluding hydrogens is 484 g/mol. The van der Waals surface area contributed by atoms with Gasteiger partial charge in [0.05, 0.1) is 24.7 Å². The standard InChI is InChI=1S/C28H26N6O4/c1-34(2)16-25(36)29-19-9-6-8-18(14-19)22(17-35)28(37)33-27-26(30-20-10-7-11-21(15-20)38-3)31-23-12-4-5-13-24(23)32-27/h4-15H,16H2,1-3H3,(H,29,36)(H,30,31)(H,32,33,37). The minimum Gasteiger partial charge on any atom is -0.497 e. The van der Waals surface area contributed by atoms with Crippen molar-refractivity contribution in [1.29, 1.82) is 0 Å². The van der Waals surface area contributed by atoms with Gasteiger partial charge in [0.25, 0.3) is 5.91 Å². The molecule has 0 aliphatic rings. The van der Waals surface area contributed by atoms with Crippen LogP contribution in [0.25, 0.3) is 16.6 Å². The van der Waals surface area contributed by atoms with Gasteiger partial charge in [0.1, 0.15) is 17.3 Å². The second-order valence-corrected chi connectivity index (χ2v) is 8.56. The third kappa shape index (κ3) is 6.38. The molecule has 0 unspecified atom stereocenters. The normalized spacial score (nSPS) is 10.5. The number of methoxy groups -OCH3 is 1. The van der Waals surface area contributed by atoms with E-state index in [-0.39, 0.29) is 35.2 Å². The van der Waals surface area contributed by atoms with Crippen molar-refractivity contribution in [3.8, 4) is 5.75 Å². The van der Waals surface area contributed by atoms with E-state index in [9.17, 15) is 14.4 Å². The molecule has 38 heavy (non-hydrogen) atoms. The molecule has 2 amide bonds. The van der Waals surface area contributed by atoms with E-state index in [0.717, 1.165) is 0 Å². The van der Waals surface area contributed by atoms with Gasteiger partial charge in [-0.2, -0.15) is 0 Å². The summed E-state index contributed by atoms with van der Waals surface area (Å²) in [5, 5.41) is 8.60. The lowest BCUT2D eigenvalue weighted by Crippen LogP contribution is -2.27. The number of nitrogens with zero attached hydrogens (tertiary/aromatic N) is 3. The van der Waals surface area contributed by atoms with Crippen LogP contribution in [0.2, 0.25) is 0 Å². The Morgan fingerprint density at radius 2 is 1.55 bits per heavy atom. The summed E-state index contributed by atoms with van der Waals surface area (Å²) in [6, 6.07) is 20.8. The summed E-state index contributed by atoms with van der Waals surface area (Å²) in [7, 11) is 5.12. The van der Waals surface area contributed by atoms with Crippen molar-refractivity contribution in [3.63, 3.8) is 0 Å². The van der Waals surface area contributed by atoms with E-state index in [1.165, 1.54) is 6.07 Å².